The van der Waals surface area contributed by atoms with Crippen LogP contribution in [0.4, 0.5) is 11.4 Å². The second-order valence-electron chi connectivity index (χ2n) is 10.9. The predicted octanol–water partition coefficient (Wildman–Crippen LogP) is 6.70. The Bertz CT molecular complexity index is 1090. The third-order valence-corrected chi connectivity index (χ3v) is 8.22. The molecule has 0 N–H and O–H groups in total. The van der Waals surface area contributed by atoms with E-state index in [9.17, 15) is 0 Å². The van der Waals surface area contributed by atoms with E-state index < -0.39 is 0 Å². The van der Waals surface area contributed by atoms with Crippen molar-refractivity contribution in [3.8, 4) is 0 Å². The van der Waals surface area contributed by atoms with E-state index in [1.807, 2.05) is 0 Å². The van der Waals surface area contributed by atoms with E-state index in [0.29, 0.717) is 0 Å². The monoisotopic (exact) mass is 518 g/mol. The van der Waals surface area contributed by atoms with Gasteiger partial charge >= 0.3 is 0 Å². The van der Waals surface area contributed by atoms with Crippen LogP contribution in [0.15, 0.2) is 24.5 Å². The van der Waals surface area contributed by atoms with Gasteiger partial charge in [0, 0.05) is 49.3 Å². The molecule has 2 aliphatic rings. The molecule has 206 valence electrons. The van der Waals surface area contributed by atoms with E-state index in [2.05, 4.69) is 48.2 Å². The summed E-state index contributed by atoms with van der Waals surface area (Å²) in [5, 5.41) is 2.48. The lowest BCUT2D eigenvalue weighted by Gasteiger charge is -2.33. The molecule has 6 heteroatoms. The number of pyridine rings is 2. The highest BCUT2D eigenvalue weighted by Gasteiger charge is 2.23. The number of nitrogens with zero attached hydrogens (tertiary/aromatic N) is 4. The van der Waals surface area contributed by atoms with E-state index >= 15 is 0 Å². The van der Waals surface area contributed by atoms with Gasteiger partial charge in [-0.3, -0.25) is 9.97 Å². The quantitative estimate of drug-likeness (QED) is 0.196. The van der Waals surface area contributed by atoms with Crippen molar-refractivity contribution in [1.29, 1.82) is 0 Å². The molecule has 2 aromatic heterocycles. The van der Waals surface area contributed by atoms with E-state index in [0.717, 1.165) is 76.5 Å². The first-order valence-electron chi connectivity index (χ1n) is 15.2. The number of anilines is 2. The number of morpholine rings is 2. The van der Waals surface area contributed by atoms with Gasteiger partial charge in [0.2, 0.25) is 0 Å². The number of hydrogen-bond acceptors (Lipinski definition) is 6. The van der Waals surface area contributed by atoms with Gasteiger partial charge in [0.05, 0.1) is 48.8 Å². The molecule has 4 heterocycles. The lowest BCUT2D eigenvalue weighted by Crippen LogP contribution is -2.37. The lowest BCUT2D eigenvalue weighted by molar-refractivity contribution is 0.122. The number of hydrogen-bond donors (Lipinski definition) is 0. The predicted molar refractivity (Wildman–Crippen MR) is 159 cm³/mol. The smallest absolute Gasteiger partial charge is 0.0986 e. The molecule has 0 aliphatic carbocycles. The number of fused-ring (bicyclic) bond motifs is 3. The molecule has 3 aromatic rings. The highest BCUT2D eigenvalue weighted by atomic mass is 16.5. The van der Waals surface area contributed by atoms with Gasteiger partial charge in [0.15, 0.2) is 0 Å². The molecule has 0 radical (unpaired) electrons. The van der Waals surface area contributed by atoms with Crippen LogP contribution in [-0.2, 0) is 22.3 Å². The first-order chi connectivity index (χ1) is 18.8. The van der Waals surface area contributed by atoms with Crippen LogP contribution in [0.25, 0.3) is 21.8 Å². The molecule has 0 spiro atoms. The Balaban J connectivity index is 1.59. The molecule has 2 fully saturated rings. The highest BCUT2D eigenvalue weighted by molar-refractivity contribution is 6.11. The van der Waals surface area contributed by atoms with Crippen LogP contribution in [0.2, 0.25) is 0 Å². The summed E-state index contributed by atoms with van der Waals surface area (Å²) in [7, 11) is 0. The molecule has 1 aromatic carbocycles. The Morgan fingerprint density at radius 1 is 0.605 bits per heavy atom. The molecular weight excluding hydrogens is 472 g/mol. The molecule has 38 heavy (non-hydrogen) atoms. The molecule has 0 atom stereocenters. The third kappa shape index (κ3) is 6.07. The SMILES string of the molecule is CCCCCCc1cnc2c(ccc3c(N4CCOCC4)c(CCCCCC)cnc32)c1N1CCOCC1. The second kappa shape index (κ2) is 13.6. The zero-order valence-electron chi connectivity index (χ0n) is 23.6. The third-order valence-electron chi connectivity index (χ3n) is 8.22. The Labute approximate surface area is 228 Å². The largest absolute Gasteiger partial charge is 0.378 e. The standard InChI is InChI=1S/C32H46N4O2/c1-3-5-7-9-11-25-23-33-29-27(31(25)35-15-19-37-20-16-35)13-14-28-30(29)34-24-26(12-10-8-6-4-2)32(28)36-17-21-38-22-18-36/h13-14,23-24H,3-12,15-22H2,1-2H3. The van der Waals surface area contributed by atoms with Gasteiger partial charge in [-0.2, -0.15) is 0 Å². The summed E-state index contributed by atoms with van der Waals surface area (Å²) in [6.07, 6.45) is 16.6. The minimum atomic E-state index is 0.785. The molecule has 0 bridgehead atoms. The van der Waals surface area contributed by atoms with E-state index in [1.54, 1.807) is 0 Å². The minimum absolute atomic E-state index is 0.785. The summed E-state index contributed by atoms with van der Waals surface area (Å²) in [6, 6.07) is 4.66. The Kier molecular flexibility index (Phi) is 9.69. The maximum absolute atomic E-state index is 5.71. The fourth-order valence-corrected chi connectivity index (χ4v) is 6.15. The van der Waals surface area contributed by atoms with Crippen molar-refractivity contribution in [2.45, 2.75) is 78.1 Å². The molecule has 0 unspecified atom stereocenters. The Hall–Kier alpha value is -2.44. The van der Waals surface area contributed by atoms with Crippen molar-refractivity contribution in [2.75, 3.05) is 62.4 Å². The number of benzene rings is 1. The van der Waals surface area contributed by atoms with Crippen LogP contribution >= 0.6 is 0 Å². The fraction of sp³-hybridized carbons (Fsp3) is 0.625. The van der Waals surface area contributed by atoms with Crippen molar-refractivity contribution in [3.05, 3.63) is 35.7 Å². The average Bonchev–Trinajstić information content (AvgIpc) is 2.97. The maximum Gasteiger partial charge on any atom is 0.0986 e. The number of unbranched alkanes of at least 4 members (excludes halogenated alkanes) is 6. The highest BCUT2D eigenvalue weighted by Crippen LogP contribution is 2.39. The van der Waals surface area contributed by atoms with Gasteiger partial charge in [-0.1, -0.05) is 52.4 Å². The Morgan fingerprint density at radius 3 is 1.42 bits per heavy atom. The number of rotatable bonds is 12. The number of aryl methyl sites for hydroxylation is 2. The molecule has 5 rings (SSSR count). The fourth-order valence-electron chi connectivity index (χ4n) is 6.15. The van der Waals surface area contributed by atoms with Crippen molar-refractivity contribution in [3.63, 3.8) is 0 Å². The molecule has 0 saturated carbocycles. The topological polar surface area (TPSA) is 50.7 Å². The second-order valence-corrected chi connectivity index (χ2v) is 10.9. The van der Waals surface area contributed by atoms with Crippen molar-refractivity contribution >= 4 is 33.2 Å². The van der Waals surface area contributed by atoms with Crippen molar-refractivity contribution < 1.29 is 9.47 Å². The minimum Gasteiger partial charge on any atom is -0.378 e. The van der Waals surface area contributed by atoms with E-state index in [-0.39, 0.29) is 0 Å². The normalized spacial score (nSPS) is 16.6. The zero-order chi connectivity index (χ0) is 26.2. The van der Waals surface area contributed by atoms with Crippen LogP contribution in [-0.4, -0.2) is 62.6 Å². The number of ether oxygens (including phenoxy) is 2. The summed E-state index contributed by atoms with van der Waals surface area (Å²) in [5.41, 5.74) is 7.53. The van der Waals surface area contributed by atoms with Gasteiger partial charge in [0.1, 0.15) is 0 Å². The first kappa shape index (κ1) is 27.1. The van der Waals surface area contributed by atoms with Gasteiger partial charge in [0.25, 0.3) is 0 Å². The van der Waals surface area contributed by atoms with Gasteiger partial charge in [-0.25, -0.2) is 0 Å². The zero-order valence-corrected chi connectivity index (χ0v) is 23.6. The number of aromatic nitrogens is 2. The van der Waals surface area contributed by atoms with Crippen LogP contribution in [0, 0.1) is 0 Å². The summed E-state index contributed by atoms with van der Waals surface area (Å²) in [6.45, 7) is 11.4. The van der Waals surface area contributed by atoms with Crippen LogP contribution in [0.5, 0.6) is 0 Å². The summed E-state index contributed by atoms with van der Waals surface area (Å²) < 4.78 is 11.4. The first-order valence-corrected chi connectivity index (χ1v) is 15.2. The molecule has 2 aliphatic heterocycles. The van der Waals surface area contributed by atoms with Crippen molar-refractivity contribution in [1.82, 2.24) is 9.97 Å². The summed E-state index contributed by atoms with van der Waals surface area (Å²) in [4.78, 5) is 15.3. The molecule has 6 nitrogen and oxygen atoms in total. The molecule has 0 amide bonds. The van der Waals surface area contributed by atoms with E-state index in [4.69, 9.17) is 19.4 Å². The van der Waals surface area contributed by atoms with Gasteiger partial charge in [-0.05, 0) is 48.9 Å². The average molecular weight is 519 g/mol. The van der Waals surface area contributed by atoms with Crippen LogP contribution in [0.1, 0.15) is 76.3 Å². The van der Waals surface area contributed by atoms with Gasteiger partial charge in [-0.15, -0.1) is 0 Å². The lowest BCUT2D eigenvalue weighted by atomic mass is 9.98. The van der Waals surface area contributed by atoms with Gasteiger partial charge < -0.3 is 19.3 Å². The van der Waals surface area contributed by atoms with Crippen LogP contribution in [0.3, 0.4) is 0 Å². The molecular formula is C32H46N4O2. The Morgan fingerprint density at radius 2 is 1.03 bits per heavy atom. The summed E-state index contributed by atoms with van der Waals surface area (Å²) in [5.74, 6) is 0. The van der Waals surface area contributed by atoms with E-state index in [1.165, 1.54) is 84.6 Å². The van der Waals surface area contributed by atoms with Crippen molar-refractivity contribution in [2.24, 2.45) is 0 Å². The summed E-state index contributed by atoms with van der Waals surface area (Å²) >= 11 is 0. The van der Waals surface area contributed by atoms with Crippen LogP contribution < -0.4 is 9.80 Å². The molecule has 2 saturated heterocycles. The maximum atomic E-state index is 5.71.